The van der Waals surface area contributed by atoms with Crippen molar-refractivity contribution in [2.75, 3.05) is 12.1 Å². The van der Waals surface area contributed by atoms with Crippen LogP contribution in [0.5, 0.6) is 17.2 Å². The summed E-state index contributed by atoms with van der Waals surface area (Å²) in [5, 5.41) is 15.7. The van der Waals surface area contributed by atoms with Crippen LogP contribution in [0, 0.1) is 16.0 Å². The molecule has 3 rings (SSSR count). The molecule has 0 bridgehead atoms. The van der Waals surface area contributed by atoms with Gasteiger partial charge in [0.05, 0.1) is 23.4 Å². The van der Waals surface area contributed by atoms with Crippen molar-refractivity contribution in [3.05, 3.63) is 52.6 Å². The highest BCUT2D eigenvalue weighted by atomic mass is 19.3. The maximum absolute atomic E-state index is 12.8. The molecule has 1 atom stereocenters. The highest BCUT2D eigenvalue weighted by molar-refractivity contribution is 6.25. The smallest absolute Gasteiger partial charge is 0.387 e. The molecular formula is C19H15F2N3O7. The van der Waals surface area contributed by atoms with Crippen molar-refractivity contribution >= 4 is 29.0 Å². The van der Waals surface area contributed by atoms with Gasteiger partial charge in [-0.2, -0.15) is 18.9 Å². The number of carbonyl (C=O) groups excluding carboxylic acids is 2. The molecule has 0 spiro atoms. The highest BCUT2D eigenvalue weighted by Crippen LogP contribution is 2.35. The Kier molecular flexibility index (Phi) is 6.09. The number of nitrogens with zero attached hydrogens (tertiary/aromatic N) is 3. The molecule has 2 aromatic rings. The molecule has 1 amide bonds. The Balaban J connectivity index is 1.78. The van der Waals surface area contributed by atoms with Gasteiger partial charge in [0, 0.05) is 18.2 Å². The van der Waals surface area contributed by atoms with Crippen LogP contribution in [-0.2, 0) is 9.59 Å². The van der Waals surface area contributed by atoms with Crippen LogP contribution in [0.15, 0.2) is 47.6 Å². The van der Waals surface area contributed by atoms with Gasteiger partial charge in [-0.25, -0.2) is 0 Å². The molecule has 0 aromatic heterocycles. The normalized spacial score (nSPS) is 15.6. The van der Waals surface area contributed by atoms with Crippen LogP contribution in [0.4, 0.5) is 20.2 Å². The number of hydrogen-bond donors (Lipinski definition) is 0. The fourth-order valence-corrected chi connectivity index (χ4v) is 2.81. The predicted octanol–water partition coefficient (Wildman–Crippen LogP) is 3.15. The van der Waals surface area contributed by atoms with E-state index in [1.54, 1.807) is 0 Å². The second kappa shape index (κ2) is 8.73. The molecule has 12 heteroatoms. The Hall–Kier alpha value is -4.09. The number of alkyl halides is 2. The third kappa shape index (κ3) is 4.57. The van der Waals surface area contributed by atoms with E-state index in [4.69, 9.17) is 9.47 Å². The number of ether oxygens (including phenoxy) is 3. The minimum atomic E-state index is -3.06. The summed E-state index contributed by atoms with van der Waals surface area (Å²) in [6, 6.07) is 8.51. The molecule has 0 aliphatic carbocycles. The zero-order valence-electron chi connectivity index (χ0n) is 16.2. The molecule has 0 saturated heterocycles. The average Bonchev–Trinajstić information content (AvgIpc) is 3.02. The Morgan fingerprint density at radius 1 is 1.19 bits per heavy atom. The lowest BCUT2D eigenvalue weighted by Gasteiger charge is -2.16. The average molecular weight is 435 g/mol. The van der Waals surface area contributed by atoms with E-state index in [1.807, 2.05) is 0 Å². The fourth-order valence-electron chi connectivity index (χ4n) is 2.81. The summed E-state index contributed by atoms with van der Waals surface area (Å²) in [4.78, 5) is 35.4. The molecule has 1 heterocycles. The summed E-state index contributed by atoms with van der Waals surface area (Å²) >= 11 is 0. The van der Waals surface area contributed by atoms with E-state index >= 15 is 0 Å². The van der Waals surface area contributed by atoms with E-state index in [9.17, 15) is 28.5 Å². The Labute approximate surface area is 173 Å². The summed E-state index contributed by atoms with van der Waals surface area (Å²) in [6.45, 7) is -1.61. The van der Waals surface area contributed by atoms with E-state index in [1.165, 1.54) is 44.4 Å². The second-order valence-electron chi connectivity index (χ2n) is 6.21. The first kappa shape index (κ1) is 21.6. The standard InChI is InChI=1S/C19H15F2N3O7/c1-10-16(18(26)30-13-6-3-11(4-7-13)24(27)28)17(25)23(22-10)12-5-8-14(31-19(20)21)15(9-12)29-2/h3-9,16,19H,1-2H3. The van der Waals surface area contributed by atoms with Crippen LogP contribution >= 0.6 is 0 Å². The van der Waals surface area contributed by atoms with E-state index in [0.717, 1.165) is 17.1 Å². The van der Waals surface area contributed by atoms with Crippen LogP contribution in [0.25, 0.3) is 0 Å². The molecule has 10 nitrogen and oxygen atoms in total. The molecule has 0 radical (unpaired) electrons. The Morgan fingerprint density at radius 3 is 2.45 bits per heavy atom. The van der Waals surface area contributed by atoms with Gasteiger partial charge in [0.1, 0.15) is 5.75 Å². The number of benzene rings is 2. The van der Waals surface area contributed by atoms with Crippen LogP contribution < -0.4 is 19.2 Å². The topological polar surface area (TPSA) is 121 Å². The van der Waals surface area contributed by atoms with Gasteiger partial charge in [0.25, 0.3) is 11.6 Å². The highest BCUT2D eigenvalue weighted by Gasteiger charge is 2.41. The summed E-state index contributed by atoms with van der Waals surface area (Å²) in [5.74, 6) is -3.28. The number of nitro benzene ring substituents is 1. The quantitative estimate of drug-likeness (QED) is 0.215. The predicted molar refractivity (Wildman–Crippen MR) is 102 cm³/mol. The van der Waals surface area contributed by atoms with E-state index in [-0.39, 0.29) is 34.3 Å². The zero-order chi connectivity index (χ0) is 22.7. The molecule has 1 aliphatic rings. The van der Waals surface area contributed by atoms with Gasteiger partial charge < -0.3 is 14.2 Å². The lowest BCUT2D eigenvalue weighted by molar-refractivity contribution is -0.384. The minimum Gasteiger partial charge on any atom is -0.493 e. The molecule has 1 aliphatic heterocycles. The number of hydrogen-bond acceptors (Lipinski definition) is 8. The molecule has 0 N–H and O–H groups in total. The van der Waals surface area contributed by atoms with Gasteiger partial charge in [0.15, 0.2) is 17.4 Å². The van der Waals surface area contributed by atoms with E-state index < -0.39 is 29.3 Å². The van der Waals surface area contributed by atoms with Gasteiger partial charge in [-0.3, -0.25) is 19.7 Å². The lowest BCUT2D eigenvalue weighted by atomic mass is 10.1. The van der Waals surface area contributed by atoms with Crippen molar-refractivity contribution in [2.24, 2.45) is 11.0 Å². The molecule has 31 heavy (non-hydrogen) atoms. The summed E-state index contributed by atoms with van der Waals surface area (Å²) < 4.78 is 39.5. The number of carbonyl (C=O) groups is 2. The Morgan fingerprint density at radius 2 is 1.87 bits per heavy atom. The first-order valence-corrected chi connectivity index (χ1v) is 8.69. The van der Waals surface area contributed by atoms with Crippen molar-refractivity contribution in [3.8, 4) is 17.2 Å². The van der Waals surface area contributed by atoms with E-state index in [2.05, 4.69) is 9.84 Å². The molecule has 162 valence electrons. The van der Waals surface area contributed by atoms with Crippen LogP contribution in [0.1, 0.15) is 6.92 Å². The number of methoxy groups -OCH3 is 1. The first-order valence-electron chi connectivity index (χ1n) is 8.69. The van der Waals surface area contributed by atoms with Crippen LogP contribution in [-0.4, -0.2) is 36.2 Å². The maximum Gasteiger partial charge on any atom is 0.387 e. The molecule has 0 fully saturated rings. The number of hydrazone groups is 1. The number of non-ortho nitro benzene ring substituents is 1. The molecular weight excluding hydrogens is 420 g/mol. The van der Waals surface area contributed by atoms with E-state index in [0.29, 0.717) is 0 Å². The maximum atomic E-state index is 12.8. The minimum absolute atomic E-state index is 0.0184. The molecule has 1 unspecified atom stereocenters. The fraction of sp³-hybridized carbons (Fsp3) is 0.211. The number of amides is 1. The Bertz CT molecular complexity index is 1060. The third-order valence-corrected chi connectivity index (χ3v) is 4.24. The van der Waals surface area contributed by atoms with Gasteiger partial charge in [-0.1, -0.05) is 0 Å². The summed E-state index contributed by atoms with van der Waals surface area (Å²) in [5.41, 5.74) is 0.117. The second-order valence-corrected chi connectivity index (χ2v) is 6.21. The van der Waals surface area contributed by atoms with Crippen LogP contribution in [0.3, 0.4) is 0 Å². The summed E-state index contributed by atoms with van der Waals surface area (Å²) in [6.07, 6.45) is 0. The lowest BCUT2D eigenvalue weighted by Crippen LogP contribution is -2.35. The number of rotatable bonds is 7. The number of nitro groups is 1. The molecule has 0 saturated carbocycles. The SMILES string of the molecule is COc1cc(N2N=C(C)C(C(=O)Oc3ccc([N+](=O)[O-])cc3)C2=O)ccc1OC(F)F. The molecule has 2 aromatic carbocycles. The first-order chi connectivity index (χ1) is 14.7. The van der Waals surface area contributed by atoms with Crippen molar-refractivity contribution < 1.29 is 37.5 Å². The zero-order valence-corrected chi connectivity index (χ0v) is 16.2. The van der Waals surface area contributed by atoms with Gasteiger partial charge >= 0.3 is 12.6 Å². The van der Waals surface area contributed by atoms with Crippen LogP contribution in [0.2, 0.25) is 0 Å². The van der Waals surface area contributed by atoms with Crippen molar-refractivity contribution in [2.45, 2.75) is 13.5 Å². The van der Waals surface area contributed by atoms with Gasteiger partial charge in [-0.15, -0.1) is 0 Å². The third-order valence-electron chi connectivity index (χ3n) is 4.24. The van der Waals surface area contributed by atoms with Crippen molar-refractivity contribution in [1.29, 1.82) is 0 Å². The van der Waals surface area contributed by atoms with Crippen molar-refractivity contribution in [3.63, 3.8) is 0 Å². The summed E-state index contributed by atoms with van der Waals surface area (Å²) in [7, 11) is 1.24. The largest absolute Gasteiger partial charge is 0.493 e. The number of anilines is 1. The van der Waals surface area contributed by atoms with Crippen molar-refractivity contribution in [1.82, 2.24) is 0 Å². The monoisotopic (exact) mass is 435 g/mol. The van der Waals surface area contributed by atoms with Gasteiger partial charge in [-0.05, 0) is 31.2 Å². The number of halogens is 2. The van der Waals surface area contributed by atoms with Gasteiger partial charge in [0.2, 0.25) is 0 Å². The number of esters is 1.